The lowest BCUT2D eigenvalue weighted by molar-refractivity contribution is -0.140. The third-order valence-electron chi connectivity index (χ3n) is 5.13. The third-order valence-corrected chi connectivity index (χ3v) is 5.13. The Labute approximate surface area is 180 Å². The molecule has 1 aliphatic heterocycles. The van der Waals surface area contributed by atoms with Crippen LogP contribution in [0.4, 0.5) is 10.5 Å². The number of rotatable bonds is 6. The minimum Gasteiger partial charge on any atom is -0.480 e. The van der Waals surface area contributed by atoms with Crippen LogP contribution < -0.4 is 4.90 Å². The highest BCUT2D eigenvalue weighted by Gasteiger charge is 2.21. The predicted octanol–water partition coefficient (Wildman–Crippen LogP) is 0.0723. The molecule has 31 heavy (non-hydrogen) atoms. The molecule has 3 N–H and O–H groups in total. The fourth-order valence-corrected chi connectivity index (χ4v) is 3.41. The van der Waals surface area contributed by atoms with Gasteiger partial charge < -0.3 is 25.1 Å². The average molecular weight is 436 g/mol. The van der Waals surface area contributed by atoms with Gasteiger partial charge in [0.2, 0.25) is 0 Å². The molecule has 0 aliphatic carbocycles. The van der Waals surface area contributed by atoms with Gasteiger partial charge in [-0.2, -0.15) is 0 Å². The van der Waals surface area contributed by atoms with E-state index in [-0.39, 0.29) is 32.7 Å². The van der Waals surface area contributed by atoms with E-state index in [1.807, 2.05) is 4.90 Å². The second kappa shape index (κ2) is 11.9. The molecule has 0 saturated carbocycles. The number of aliphatic carboxylic acids is 2. The van der Waals surface area contributed by atoms with Crippen LogP contribution in [0, 0.1) is 0 Å². The van der Waals surface area contributed by atoms with Crippen LogP contribution in [0.1, 0.15) is 10.4 Å². The summed E-state index contributed by atoms with van der Waals surface area (Å²) in [6.07, 6.45) is -0.347. The standard InChI is InChI=1S/C20H28N4O7/c25-15-16-1-3-17(4-2-16)23-9-7-21(13-18(26)27)5-6-22(14-19(28)29)8-10-24(12-11-23)20(30)31/h1-4,15H,5-14H2,(H,26,27)(H,28,29)(H,30,31). The normalized spacial score (nSPS) is 17.4. The van der Waals surface area contributed by atoms with Crippen LogP contribution >= 0.6 is 0 Å². The molecular formula is C20H28N4O7. The predicted molar refractivity (Wildman–Crippen MR) is 112 cm³/mol. The van der Waals surface area contributed by atoms with Gasteiger partial charge in [-0.25, -0.2) is 4.79 Å². The van der Waals surface area contributed by atoms with E-state index in [0.717, 1.165) is 12.0 Å². The summed E-state index contributed by atoms with van der Waals surface area (Å²) in [6.45, 7) is 2.00. The maximum absolute atomic E-state index is 11.7. The van der Waals surface area contributed by atoms with Crippen LogP contribution in [0.3, 0.4) is 0 Å². The molecule has 1 aliphatic rings. The molecule has 0 radical (unpaired) electrons. The number of nitrogens with zero attached hydrogens (tertiary/aromatic N) is 4. The molecule has 0 atom stereocenters. The van der Waals surface area contributed by atoms with E-state index in [2.05, 4.69) is 0 Å². The highest BCUT2D eigenvalue weighted by atomic mass is 16.4. The molecule has 0 aromatic heterocycles. The van der Waals surface area contributed by atoms with Crippen molar-refractivity contribution in [2.75, 3.05) is 70.3 Å². The van der Waals surface area contributed by atoms with Crippen molar-refractivity contribution in [1.29, 1.82) is 0 Å². The zero-order valence-corrected chi connectivity index (χ0v) is 17.2. The van der Waals surface area contributed by atoms with Crippen molar-refractivity contribution in [3.05, 3.63) is 29.8 Å². The summed E-state index contributed by atoms with van der Waals surface area (Å²) < 4.78 is 0. The summed E-state index contributed by atoms with van der Waals surface area (Å²) >= 11 is 0. The first-order valence-corrected chi connectivity index (χ1v) is 9.95. The molecule has 2 rings (SSSR count). The quantitative estimate of drug-likeness (QED) is 0.525. The van der Waals surface area contributed by atoms with Crippen molar-refractivity contribution in [1.82, 2.24) is 14.7 Å². The lowest BCUT2D eigenvalue weighted by atomic mass is 10.2. The van der Waals surface area contributed by atoms with E-state index in [9.17, 15) is 29.4 Å². The number of amides is 1. The zero-order valence-electron chi connectivity index (χ0n) is 17.2. The van der Waals surface area contributed by atoms with Gasteiger partial charge >= 0.3 is 18.0 Å². The Morgan fingerprint density at radius 1 is 0.742 bits per heavy atom. The number of benzene rings is 1. The van der Waals surface area contributed by atoms with Crippen molar-refractivity contribution < 1.29 is 34.5 Å². The summed E-state index contributed by atoms with van der Waals surface area (Å²) in [4.78, 5) is 51.6. The number of hydrogen-bond donors (Lipinski definition) is 3. The highest BCUT2D eigenvalue weighted by molar-refractivity contribution is 5.75. The molecule has 1 aromatic rings. The van der Waals surface area contributed by atoms with Gasteiger partial charge in [0.25, 0.3) is 0 Å². The van der Waals surface area contributed by atoms with Crippen LogP contribution in [0.15, 0.2) is 24.3 Å². The van der Waals surface area contributed by atoms with Gasteiger partial charge in [-0.15, -0.1) is 0 Å². The summed E-state index contributed by atoms with van der Waals surface area (Å²) in [5, 5.41) is 27.9. The smallest absolute Gasteiger partial charge is 0.407 e. The van der Waals surface area contributed by atoms with Crippen molar-refractivity contribution >= 4 is 30.0 Å². The maximum atomic E-state index is 11.7. The first-order valence-electron chi connectivity index (χ1n) is 9.95. The van der Waals surface area contributed by atoms with E-state index >= 15 is 0 Å². The number of carboxylic acids is 2. The third kappa shape index (κ3) is 8.22. The molecule has 11 heteroatoms. The Morgan fingerprint density at radius 2 is 1.19 bits per heavy atom. The van der Waals surface area contributed by atoms with Crippen molar-refractivity contribution in [2.45, 2.75) is 0 Å². The van der Waals surface area contributed by atoms with Gasteiger partial charge in [-0.3, -0.25) is 24.2 Å². The van der Waals surface area contributed by atoms with E-state index in [4.69, 9.17) is 5.11 Å². The van der Waals surface area contributed by atoms with E-state index in [1.165, 1.54) is 4.90 Å². The van der Waals surface area contributed by atoms with Gasteiger partial charge in [0, 0.05) is 63.6 Å². The fraction of sp³-hybridized carbons (Fsp3) is 0.500. The fourth-order valence-electron chi connectivity index (χ4n) is 3.41. The monoisotopic (exact) mass is 436 g/mol. The van der Waals surface area contributed by atoms with Crippen LogP contribution in [0.5, 0.6) is 0 Å². The number of anilines is 1. The summed E-state index contributed by atoms with van der Waals surface area (Å²) in [7, 11) is 0. The van der Waals surface area contributed by atoms with E-state index in [0.29, 0.717) is 38.3 Å². The Balaban J connectivity index is 2.22. The van der Waals surface area contributed by atoms with Crippen molar-refractivity contribution in [3.63, 3.8) is 0 Å². The molecule has 0 bridgehead atoms. The van der Waals surface area contributed by atoms with Gasteiger partial charge in [0.1, 0.15) is 6.29 Å². The summed E-state index contributed by atoms with van der Waals surface area (Å²) in [5.74, 6) is -2.00. The Kier molecular flexibility index (Phi) is 9.22. The van der Waals surface area contributed by atoms with Crippen molar-refractivity contribution in [2.24, 2.45) is 0 Å². The minimum atomic E-state index is -1.09. The second-order valence-corrected chi connectivity index (χ2v) is 7.31. The topological polar surface area (TPSA) is 142 Å². The van der Waals surface area contributed by atoms with Gasteiger partial charge in [0.15, 0.2) is 0 Å². The number of carbonyl (C=O) groups excluding carboxylic acids is 1. The largest absolute Gasteiger partial charge is 0.480 e. The molecule has 1 fully saturated rings. The SMILES string of the molecule is O=Cc1ccc(N2CCN(CC(=O)O)CCN(CC(=O)O)CCN(C(=O)O)CC2)cc1. The number of carbonyl (C=O) groups is 4. The Morgan fingerprint density at radius 3 is 1.68 bits per heavy atom. The Hall–Kier alpha value is -3.18. The van der Waals surface area contributed by atoms with Crippen LogP contribution in [0.2, 0.25) is 0 Å². The summed E-state index contributed by atoms with van der Waals surface area (Å²) in [5.41, 5.74) is 1.33. The first-order chi connectivity index (χ1) is 14.8. The van der Waals surface area contributed by atoms with E-state index in [1.54, 1.807) is 34.1 Å². The average Bonchev–Trinajstić information content (AvgIpc) is 2.71. The first kappa shape index (κ1) is 24.1. The molecule has 1 heterocycles. The lowest BCUT2D eigenvalue weighted by Crippen LogP contribution is -2.48. The molecule has 1 amide bonds. The maximum Gasteiger partial charge on any atom is 0.407 e. The second-order valence-electron chi connectivity index (χ2n) is 7.31. The molecule has 1 aromatic carbocycles. The molecule has 1 saturated heterocycles. The number of hydrogen-bond acceptors (Lipinski definition) is 7. The Bertz CT molecular complexity index is 771. The van der Waals surface area contributed by atoms with Crippen LogP contribution in [-0.4, -0.2) is 120 Å². The van der Waals surface area contributed by atoms with Gasteiger partial charge in [-0.1, -0.05) is 0 Å². The zero-order chi connectivity index (χ0) is 22.8. The van der Waals surface area contributed by atoms with Crippen LogP contribution in [0.25, 0.3) is 0 Å². The lowest BCUT2D eigenvalue weighted by Gasteiger charge is -2.33. The van der Waals surface area contributed by atoms with Gasteiger partial charge in [-0.05, 0) is 24.3 Å². The summed E-state index contributed by atoms with van der Waals surface area (Å²) in [6, 6.07) is 6.89. The van der Waals surface area contributed by atoms with Crippen LogP contribution in [-0.2, 0) is 9.59 Å². The number of carboxylic acid groups (broad SMARTS) is 3. The van der Waals surface area contributed by atoms with Crippen molar-refractivity contribution in [3.8, 4) is 0 Å². The van der Waals surface area contributed by atoms with Gasteiger partial charge in [0.05, 0.1) is 13.1 Å². The minimum absolute atomic E-state index is 0.138. The molecule has 11 nitrogen and oxygen atoms in total. The van der Waals surface area contributed by atoms with E-state index < -0.39 is 18.0 Å². The highest BCUT2D eigenvalue weighted by Crippen LogP contribution is 2.15. The molecule has 170 valence electrons. The molecule has 0 unspecified atom stereocenters. The molecular weight excluding hydrogens is 408 g/mol. The molecule has 0 spiro atoms. The number of aldehydes is 1.